The average molecular weight is 434 g/mol. The molecule has 0 aliphatic carbocycles. The maximum atomic E-state index is 12.2. The number of aromatic nitrogens is 1. The van der Waals surface area contributed by atoms with Gasteiger partial charge in [0, 0.05) is 15.6 Å². The number of halogens is 2. The molecular formula is C20H17Cl2N3O2S. The van der Waals surface area contributed by atoms with Gasteiger partial charge in [-0.15, -0.1) is 11.3 Å². The van der Waals surface area contributed by atoms with Crippen LogP contribution in [0.25, 0.3) is 0 Å². The molecule has 144 valence electrons. The molecule has 1 amide bonds. The van der Waals surface area contributed by atoms with E-state index >= 15 is 0 Å². The highest BCUT2D eigenvalue weighted by molar-refractivity contribution is 7.13. The van der Waals surface area contributed by atoms with E-state index < -0.39 is 0 Å². The molecule has 0 aliphatic rings. The van der Waals surface area contributed by atoms with Crippen molar-refractivity contribution < 1.29 is 9.53 Å². The minimum atomic E-state index is -0.278. The van der Waals surface area contributed by atoms with Crippen LogP contribution in [0.4, 0.5) is 0 Å². The number of nitrogens with one attached hydrogen (secondary N) is 1. The molecule has 0 saturated carbocycles. The van der Waals surface area contributed by atoms with Gasteiger partial charge >= 0.3 is 0 Å². The number of carbonyl (C=O) groups excluding carboxylic acids is 1. The third-order valence-electron chi connectivity index (χ3n) is 3.79. The Kier molecular flexibility index (Phi) is 6.67. The number of thiazole rings is 1. The van der Waals surface area contributed by atoms with Crippen LogP contribution in [0, 0.1) is 13.8 Å². The molecule has 0 spiro atoms. The summed E-state index contributed by atoms with van der Waals surface area (Å²) in [5, 5.41) is 5.97. The zero-order chi connectivity index (χ0) is 20.1. The van der Waals surface area contributed by atoms with Crippen molar-refractivity contribution in [2.45, 2.75) is 20.5 Å². The van der Waals surface area contributed by atoms with Crippen LogP contribution in [0.5, 0.6) is 5.75 Å². The van der Waals surface area contributed by atoms with Crippen molar-refractivity contribution in [1.82, 2.24) is 10.4 Å². The van der Waals surface area contributed by atoms with Gasteiger partial charge in [0.25, 0.3) is 5.91 Å². The molecule has 8 heteroatoms. The number of hydrazone groups is 1. The summed E-state index contributed by atoms with van der Waals surface area (Å²) in [6, 6.07) is 12.6. The van der Waals surface area contributed by atoms with Gasteiger partial charge in [0.15, 0.2) is 0 Å². The number of rotatable bonds is 6. The number of hydrogen-bond acceptors (Lipinski definition) is 5. The van der Waals surface area contributed by atoms with E-state index in [-0.39, 0.29) is 12.5 Å². The van der Waals surface area contributed by atoms with Crippen molar-refractivity contribution in [1.29, 1.82) is 0 Å². The van der Waals surface area contributed by atoms with Gasteiger partial charge < -0.3 is 4.74 Å². The molecule has 1 heterocycles. The highest BCUT2D eigenvalue weighted by Crippen LogP contribution is 2.26. The molecule has 0 unspecified atom stereocenters. The summed E-state index contributed by atoms with van der Waals surface area (Å²) in [6.45, 7) is 3.91. The molecule has 0 aliphatic heterocycles. The number of nitrogens with zero attached hydrogens (tertiary/aromatic N) is 2. The van der Waals surface area contributed by atoms with Crippen LogP contribution < -0.4 is 10.2 Å². The Morgan fingerprint density at radius 3 is 2.61 bits per heavy atom. The van der Waals surface area contributed by atoms with E-state index in [1.54, 1.807) is 31.3 Å². The summed E-state index contributed by atoms with van der Waals surface area (Å²) < 4.78 is 5.79. The van der Waals surface area contributed by atoms with Crippen LogP contribution in [-0.2, 0) is 6.61 Å². The topological polar surface area (TPSA) is 63.6 Å². The molecule has 1 aromatic heterocycles. The zero-order valence-electron chi connectivity index (χ0n) is 15.2. The molecular weight excluding hydrogens is 417 g/mol. The molecule has 0 saturated heterocycles. The van der Waals surface area contributed by atoms with Crippen molar-refractivity contribution in [3.05, 3.63) is 79.2 Å². The number of aryl methyl sites for hydroxylation is 2. The Labute approximate surface area is 177 Å². The van der Waals surface area contributed by atoms with Crippen LogP contribution in [0.2, 0.25) is 10.0 Å². The molecule has 0 bridgehead atoms. The van der Waals surface area contributed by atoms with E-state index in [4.69, 9.17) is 27.9 Å². The third kappa shape index (κ3) is 5.10. The first-order chi connectivity index (χ1) is 13.4. The van der Waals surface area contributed by atoms with Crippen molar-refractivity contribution in [3.63, 3.8) is 0 Å². The second-order valence-electron chi connectivity index (χ2n) is 5.91. The van der Waals surface area contributed by atoms with E-state index in [2.05, 4.69) is 15.5 Å². The lowest BCUT2D eigenvalue weighted by Gasteiger charge is -2.09. The normalized spacial score (nSPS) is 11.0. The van der Waals surface area contributed by atoms with Gasteiger partial charge in [-0.2, -0.15) is 5.10 Å². The van der Waals surface area contributed by atoms with E-state index in [0.29, 0.717) is 26.4 Å². The maximum absolute atomic E-state index is 12.2. The zero-order valence-corrected chi connectivity index (χ0v) is 17.5. The van der Waals surface area contributed by atoms with Gasteiger partial charge in [0.2, 0.25) is 0 Å². The lowest BCUT2D eigenvalue weighted by molar-refractivity contribution is 0.0958. The number of hydrogen-bond donors (Lipinski definition) is 1. The molecule has 3 rings (SSSR count). The van der Waals surface area contributed by atoms with Crippen molar-refractivity contribution in [2.75, 3.05) is 0 Å². The van der Waals surface area contributed by atoms with Crippen molar-refractivity contribution in [2.24, 2.45) is 5.10 Å². The summed E-state index contributed by atoms with van der Waals surface area (Å²) in [4.78, 5) is 17.0. The molecule has 1 N–H and O–H groups in total. The van der Waals surface area contributed by atoms with Gasteiger partial charge in [-0.3, -0.25) is 4.79 Å². The van der Waals surface area contributed by atoms with E-state index in [1.165, 1.54) is 11.3 Å². The highest BCUT2D eigenvalue weighted by atomic mass is 35.5. The van der Waals surface area contributed by atoms with E-state index in [9.17, 15) is 4.79 Å². The van der Waals surface area contributed by atoms with Gasteiger partial charge in [0.1, 0.15) is 17.2 Å². The Hall–Kier alpha value is -2.41. The molecule has 3 aromatic rings. The summed E-state index contributed by atoms with van der Waals surface area (Å²) >= 11 is 13.7. The summed E-state index contributed by atoms with van der Waals surface area (Å²) in [6.07, 6.45) is 1.55. The molecule has 0 atom stereocenters. The Balaban J connectivity index is 1.62. The quantitative estimate of drug-likeness (QED) is 0.417. The lowest BCUT2D eigenvalue weighted by atomic mass is 10.2. The fourth-order valence-corrected chi connectivity index (χ4v) is 3.78. The van der Waals surface area contributed by atoms with E-state index in [0.717, 1.165) is 16.1 Å². The second-order valence-corrected chi connectivity index (χ2v) is 7.93. The van der Waals surface area contributed by atoms with Gasteiger partial charge in [0.05, 0.1) is 16.9 Å². The Morgan fingerprint density at radius 2 is 1.93 bits per heavy atom. The molecule has 28 heavy (non-hydrogen) atoms. The molecule has 5 nitrogen and oxygen atoms in total. The minimum absolute atomic E-state index is 0.250. The number of amides is 1. The SMILES string of the molecule is Cc1nc(C)c(C(=O)N/N=C/c2cccc(OCc3c(Cl)cccc3Cl)c2)s1. The lowest BCUT2D eigenvalue weighted by Crippen LogP contribution is -2.17. The van der Waals surface area contributed by atoms with Crippen LogP contribution >= 0.6 is 34.5 Å². The van der Waals surface area contributed by atoms with Crippen molar-refractivity contribution in [3.8, 4) is 5.75 Å². The van der Waals surface area contributed by atoms with Gasteiger partial charge in [-0.1, -0.05) is 41.4 Å². The van der Waals surface area contributed by atoms with E-state index in [1.807, 2.05) is 31.2 Å². The average Bonchev–Trinajstić information content (AvgIpc) is 3.00. The standard InChI is InChI=1S/C20H17Cl2N3O2S/c1-12-19(28-13(2)24-12)20(26)25-23-10-14-5-3-6-15(9-14)27-11-16-17(21)7-4-8-18(16)22/h3-10H,11H2,1-2H3,(H,25,26)/b23-10+. The van der Waals surface area contributed by atoms with Crippen LogP contribution in [0.1, 0.15) is 31.5 Å². The predicted molar refractivity (Wildman–Crippen MR) is 114 cm³/mol. The fraction of sp³-hybridized carbons (Fsp3) is 0.150. The summed E-state index contributed by atoms with van der Waals surface area (Å²) in [5.74, 6) is 0.361. The number of carbonyl (C=O) groups is 1. The number of benzene rings is 2. The van der Waals surface area contributed by atoms with Gasteiger partial charge in [-0.05, 0) is 43.7 Å². The minimum Gasteiger partial charge on any atom is -0.489 e. The second kappa shape index (κ2) is 9.19. The Bertz CT molecular complexity index is 1010. The fourth-order valence-electron chi connectivity index (χ4n) is 2.47. The molecule has 2 aromatic carbocycles. The summed E-state index contributed by atoms with van der Waals surface area (Å²) in [5.41, 5.74) is 4.72. The molecule has 0 fully saturated rings. The third-order valence-corrected chi connectivity index (χ3v) is 5.57. The predicted octanol–water partition coefficient (Wildman–Crippen LogP) is 5.41. The maximum Gasteiger partial charge on any atom is 0.283 e. The highest BCUT2D eigenvalue weighted by Gasteiger charge is 2.12. The van der Waals surface area contributed by atoms with Crippen LogP contribution in [0.3, 0.4) is 0 Å². The first kappa shape index (κ1) is 20.3. The first-order valence-electron chi connectivity index (χ1n) is 8.37. The smallest absolute Gasteiger partial charge is 0.283 e. The van der Waals surface area contributed by atoms with Crippen LogP contribution in [-0.4, -0.2) is 17.1 Å². The summed E-state index contributed by atoms with van der Waals surface area (Å²) in [7, 11) is 0. The Morgan fingerprint density at radius 1 is 1.21 bits per heavy atom. The van der Waals surface area contributed by atoms with Crippen LogP contribution in [0.15, 0.2) is 47.6 Å². The monoisotopic (exact) mass is 433 g/mol. The van der Waals surface area contributed by atoms with Crippen molar-refractivity contribution >= 4 is 46.7 Å². The largest absolute Gasteiger partial charge is 0.489 e. The first-order valence-corrected chi connectivity index (χ1v) is 9.94. The molecule has 0 radical (unpaired) electrons. The van der Waals surface area contributed by atoms with Gasteiger partial charge in [-0.25, -0.2) is 10.4 Å². The number of ether oxygens (including phenoxy) is 1.